The van der Waals surface area contributed by atoms with Gasteiger partial charge in [-0.1, -0.05) is 18.2 Å². The predicted molar refractivity (Wildman–Crippen MR) is 136 cm³/mol. The molecule has 4 bridgehead atoms. The Labute approximate surface area is 220 Å². The first-order valence-electron chi connectivity index (χ1n) is 13.6. The van der Waals surface area contributed by atoms with Gasteiger partial charge in [0.1, 0.15) is 23.2 Å². The van der Waals surface area contributed by atoms with Crippen molar-refractivity contribution in [3.05, 3.63) is 41.6 Å². The summed E-state index contributed by atoms with van der Waals surface area (Å²) in [7, 11) is 0. The number of rotatable bonds is 8. The number of hydrogen-bond acceptors (Lipinski definition) is 7. The lowest BCUT2D eigenvalue weighted by atomic mass is 9.47. The predicted octanol–water partition coefficient (Wildman–Crippen LogP) is 5.56. The van der Waals surface area contributed by atoms with E-state index in [1.807, 2.05) is 0 Å². The van der Waals surface area contributed by atoms with Crippen molar-refractivity contribution in [2.45, 2.75) is 63.9 Å². The van der Waals surface area contributed by atoms with Crippen LogP contribution in [0, 0.1) is 34.5 Å². The molecule has 4 aliphatic carbocycles. The van der Waals surface area contributed by atoms with E-state index in [9.17, 15) is 18.4 Å². The lowest BCUT2D eigenvalue weighted by molar-refractivity contribution is -0.274. The van der Waals surface area contributed by atoms with Gasteiger partial charge in [-0.05, 0) is 87.3 Å². The molecular weight excluding hydrogens is 493 g/mol. The fourth-order valence-corrected chi connectivity index (χ4v) is 8.02. The first-order valence-corrected chi connectivity index (χ1v) is 13.6. The zero-order valence-corrected chi connectivity index (χ0v) is 21.3. The lowest BCUT2D eigenvalue weighted by Gasteiger charge is -2.62. The molecule has 202 valence electrons. The summed E-state index contributed by atoms with van der Waals surface area (Å²) in [6.45, 7) is 3.33. The third-order valence-corrected chi connectivity index (χ3v) is 9.09. The molecule has 2 heterocycles. The summed E-state index contributed by atoms with van der Waals surface area (Å²) in [5.41, 5.74) is 0.913. The Balaban J connectivity index is 1.13. The van der Waals surface area contributed by atoms with Crippen molar-refractivity contribution in [3.63, 3.8) is 0 Å². The standard InChI is InChI=1S/C28H33F3N6O/c29-28(30,31)38-23-6-2-1-5-19(23)15-33-26-34-16-22(14-32)25(36-26)35-17-27-11-18-9-20(12-27)24(21(10-18)13-27)37-7-3-4-8-37/h1-2,5-6,16,18,20-21,24H,3-4,7-13,15,17H2,(H2,33,34,35,36)/t18?,20-,21-,24?,27?/m0/s1. The Morgan fingerprint density at radius 3 is 2.53 bits per heavy atom. The Kier molecular flexibility index (Phi) is 6.58. The van der Waals surface area contributed by atoms with E-state index >= 15 is 0 Å². The van der Waals surface area contributed by atoms with Gasteiger partial charge in [0, 0.05) is 24.7 Å². The van der Waals surface area contributed by atoms with Gasteiger partial charge in [-0.15, -0.1) is 13.2 Å². The second-order valence-corrected chi connectivity index (χ2v) is 11.6. The number of aromatic nitrogens is 2. The second-order valence-electron chi connectivity index (χ2n) is 11.6. The number of nitrogens with one attached hydrogen (secondary N) is 2. The quantitative estimate of drug-likeness (QED) is 0.466. The number of ether oxygens (including phenoxy) is 1. The first-order chi connectivity index (χ1) is 18.3. The summed E-state index contributed by atoms with van der Waals surface area (Å²) >= 11 is 0. The van der Waals surface area contributed by atoms with Crippen LogP contribution in [0.3, 0.4) is 0 Å². The Hall–Kier alpha value is -3.06. The van der Waals surface area contributed by atoms with Gasteiger partial charge >= 0.3 is 6.36 Å². The molecule has 10 heteroatoms. The number of nitrogens with zero attached hydrogens (tertiary/aromatic N) is 4. The molecule has 7 nitrogen and oxygen atoms in total. The van der Waals surface area contributed by atoms with Crippen molar-refractivity contribution < 1.29 is 17.9 Å². The molecule has 0 spiro atoms. The van der Waals surface area contributed by atoms with Crippen molar-refractivity contribution in [2.24, 2.45) is 23.2 Å². The van der Waals surface area contributed by atoms with Crippen LogP contribution in [0.25, 0.3) is 0 Å². The average molecular weight is 527 g/mol. The molecule has 38 heavy (non-hydrogen) atoms. The van der Waals surface area contributed by atoms with Crippen molar-refractivity contribution in [1.82, 2.24) is 14.9 Å². The monoisotopic (exact) mass is 526 g/mol. The first kappa shape index (κ1) is 25.2. The summed E-state index contributed by atoms with van der Waals surface area (Å²) < 4.78 is 42.4. The van der Waals surface area contributed by atoms with Crippen molar-refractivity contribution in [3.8, 4) is 11.8 Å². The summed E-state index contributed by atoms with van der Waals surface area (Å²) in [5.74, 6) is 2.76. The van der Waals surface area contributed by atoms with E-state index in [4.69, 9.17) is 0 Å². The molecule has 1 aliphatic heterocycles. The SMILES string of the molecule is N#Cc1cnc(NCc2ccccc2OC(F)(F)F)nc1NCC12CC3C[C@@H](C1)C(N1CCCC1)[C@@H](C3)C2. The van der Waals surface area contributed by atoms with E-state index < -0.39 is 6.36 Å². The maximum atomic E-state index is 12.8. The molecule has 7 rings (SSSR count). The molecule has 2 aromatic rings. The van der Waals surface area contributed by atoms with Gasteiger partial charge in [0.05, 0.1) is 6.20 Å². The number of halogens is 3. The van der Waals surface area contributed by atoms with Crippen LogP contribution in [0.2, 0.25) is 0 Å². The van der Waals surface area contributed by atoms with E-state index in [1.54, 1.807) is 12.1 Å². The van der Waals surface area contributed by atoms with Crippen LogP contribution in [-0.2, 0) is 6.54 Å². The topological polar surface area (TPSA) is 86.1 Å². The van der Waals surface area contributed by atoms with Crippen LogP contribution in [0.15, 0.2) is 30.5 Å². The molecule has 0 unspecified atom stereocenters. The number of para-hydroxylation sites is 1. The largest absolute Gasteiger partial charge is 0.573 e. The number of likely N-dealkylation sites (tertiary alicyclic amines) is 1. The molecular formula is C28H33F3N6O. The minimum atomic E-state index is -4.77. The minimum absolute atomic E-state index is 0.0461. The molecule has 2 N–H and O–H groups in total. The Morgan fingerprint density at radius 2 is 1.82 bits per heavy atom. The fourth-order valence-electron chi connectivity index (χ4n) is 8.02. The van der Waals surface area contributed by atoms with Gasteiger partial charge in [0.15, 0.2) is 0 Å². The molecule has 5 fully saturated rings. The lowest BCUT2D eigenvalue weighted by Crippen LogP contribution is -2.60. The van der Waals surface area contributed by atoms with E-state index in [0.29, 0.717) is 16.9 Å². The van der Waals surface area contributed by atoms with Crippen LogP contribution in [-0.4, -0.2) is 46.9 Å². The van der Waals surface area contributed by atoms with Crippen LogP contribution in [0.1, 0.15) is 56.1 Å². The van der Waals surface area contributed by atoms with Gasteiger partial charge < -0.3 is 15.4 Å². The molecule has 0 amide bonds. The van der Waals surface area contributed by atoms with E-state index in [1.165, 1.54) is 76.4 Å². The van der Waals surface area contributed by atoms with Gasteiger partial charge in [-0.25, -0.2) is 4.98 Å². The molecule has 1 aromatic heterocycles. The highest BCUT2D eigenvalue weighted by atomic mass is 19.4. The maximum absolute atomic E-state index is 12.8. The van der Waals surface area contributed by atoms with Crippen LogP contribution in [0.5, 0.6) is 5.75 Å². The average Bonchev–Trinajstić information content (AvgIpc) is 3.40. The van der Waals surface area contributed by atoms with Crippen LogP contribution >= 0.6 is 0 Å². The highest BCUT2D eigenvalue weighted by Gasteiger charge is 2.56. The summed E-state index contributed by atoms with van der Waals surface area (Å²) in [6, 6.07) is 8.88. The van der Waals surface area contributed by atoms with Gasteiger partial charge in [0.25, 0.3) is 0 Å². The Bertz CT molecular complexity index is 1190. The summed E-state index contributed by atoms with van der Waals surface area (Å²) in [5, 5.41) is 16.1. The number of hydrogen-bond donors (Lipinski definition) is 2. The molecule has 4 saturated carbocycles. The normalized spacial score (nSPS) is 30.3. The highest BCUT2D eigenvalue weighted by molar-refractivity contribution is 5.53. The molecule has 1 saturated heterocycles. The third-order valence-electron chi connectivity index (χ3n) is 9.09. The third kappa shape index (κ3) is 5.13. The zero-order chi connectivity index (χ0) is 26.3. The van der Waals surface area contributed by atoms with Crippen molar-refractivity contribution >= 4 is 11.8 Å². The van der Waals surface area contributed by atoms with Crippen LogP contribution in [0.4, 0.5) is 24.9 Å². The van der Waals surface area contributed by atoms with Crippen LogP contribution < -0.4 is 15.4 Å². The number of benzene rings is 1. The van der Waals surface area contributed by atoms with E-state index in [2.05, 4.69) is 36.3 Å². The van der Waals surface area contributed by atoms with Gasteiger partial charge in [0.2, 0.25) is 5.95 Å². The van der Waals surface area contributed by atoms with Gasteiger partial charge in [-0.2, -0.15) is 10.2 Å². The minimum Gasteiger partial charge on any atom is -0.405 e. The molecule has 2 atom stereocenters. The van der Waals surface area contributed by atoms with Crippen molar-refractivity contribution in [1.29, 1.82) is 5.26 Å². The fraction of sp³-hybridized carbons (Fsp3) is 0.607. The summed E-state index contributed by atoms with van der Waals surface area (Å²) in [6.07, 6.45) is 5.72. The number of anilines is 2. The van der Waals surface area contributed by atoms with E-state index in [-0.39, 0.29) is 23.7 Å². The number of alkyl halides is 3. The number of nitriles is 1. The molecule has 5 aliphatic rings. The maximum Gasteiger partial charge on any atom is 0.573 e. The Morgan fingerprint density at radius 1 is 1.08 bits per heavy atom. The van der Waals surface area contributed by atoms with Gasteiger partial charge in [-0.3, -0.25) is 4.90 Å². The molecule has 0 radical (unpaired) electrons. The van der Waals surface area contributed by atoms with Crippen molar-refractivity contribution in [2.75, 3.05) is 30.3 Å². The zero-order valence-electron chi connectivity index (χ0n) is 21.3. The molecule has 1 aromatic carbocycles. The summed E-state index contributed by atoms with van der Waals surface area (Å²) in [4.78, 5) is 11.5. The second kappa shape index (κ2) is 9.92. The highest BCUT2D eigenvalue weighted by Crippen LogP contribution is 2.61. The van der Waals surface area contributed by atoms with E-state index in [0.717, 1.165) is 30.3 Å². The smallest absolute Gasteiger partial charge is 0.405 e.